The lowest BCUT2D eigenvalue weighted by atomic mass is 10.3. The molecule has 0 saturated carbocycles. The van der Waals surface area contributed by atoms with E-state index in [1.165, 1.54) is 41.7 Å². The van der Waals surface area contributed by atoms with E-state index in [0.717, 1.165) is 5.56 Å². The van der Waals surface area contributed by atoms with Gasteiger partial charge in [-0.3, -0.25) is 4.79 Å². The number of rotatable bonds is 9. The lowest BCUT2D eigenvalue weighted by Gasteiger charge is -2.15. The van der Waals surface area contributed by atoms with E-state index in [1.54, 1.807) is 12.3 Å². The van der Waals surface area contributed by atoms with E-state index in [4.69, 9.17) is 0 Å². The summed E-state index contributed by atoms with van der Waals surface area (Å²) in [6.07, 6.45) is 3.22. The molecule has 0 fully saturated rings. The number of anilines is 2. The molecular formula is C20H25N5O4S. The van der Waals surface area contributed by atoms with Crippen LogP contribution in [0.1, 0.15) is 12.0 Å². The van der Waals surface area contributed by atoms with Crippen LogP contribution in [0.5, 0.6) is 0 Å². The van der Waals surface area contributed by atoms with E-state index in [-0.39, 0.29) is 30.3 Å². The molecule has 9 nitrogen and oxygen atoms in total. The third-order valence-corrected chi connectivity index (χ3v) is 5.86. The van der Waals surface area contributed by atoms with Crippen molar-refractivity contribution in [3.63, 3.8) is 0 Å². The number of aromatic nitrogens is 1. The first-order valence-corrected chi connectivity index (χ1v) is 10.6. The van der Waals surface area contributed by atoms with Crippen LogP contribution in [0.4, 0.5) is 16.3 Å². The largest absolute Gasteiger partial charge is 0.337 e. The summed E-state index contributed by atoms with van der Waals surface area (Å²) in [6.45, 7) is 5.74. The maximum absolute atomic E-state index is 12.3. The van der Waals surface area contributed by atoms with Gasteiger partial charge >= 0.3 is 6.03 Å². The van der Waals surface area contributed by atoms with Crippen LogP contribution in [0.15, 0.2) is 60.1 Å². The SMILES string of the molecule is C=CCN(C)S(=O)(=O)c1ccc(NC(=O)NCCC(=O)Nc2ccc(C)cn2)cc1. The Bertz CT molecular complexity index is 989. The summed E-state index contributed by atoms with van der Waals surface area (Å²) in [6, 6.07) is 8.83. The Labute approximate surface area is 176 Å². The zero-order valence-electron chi connectivity index (χ0n) is 16.9. The van der Waals surface area contributed by atoms with Crippen LogP contribution in [0, 0.1) is 6.92 Å². The van der Waals surface area contributed by atoms with Gasteiger partial charge in [-0.15, -0.1) is 6.58 Å². The molecule has 1 aromatic heterocycles. The minimum Gasteiger partial charge on any atom is -0.337 e. The molecule has 0 unspecified atom stereocenters. The summed E-state index contributed by atoms with van der Waals surface area (Å²) in [4.78, 5) is 28.0. The van der Waals surface area contributed by atoms with Gasteiger partial charge in [-0.05, 0) is 42.8 Å². The Kier molecular flexibility index (Phi) is 8.07. The number of benzene rings is 1. The Hall–Kier alpha value is -3.24. The topological polar surface area (TPSA) is 121 Å². The van der Waals surface area contributed by atoms with Crippen molar-refractivity contribution in [2.45, 2.75) is 18.2 Å². The van der Waals surface area contributed by atoms with Crippen molar-refractivity contribution in [1.82, 2.24) is 14.6 Å². The monoisotopic (exact) mass is 431 g/mol. The number of pyridine rings is 1. The molecule has 0 spiro atoms. The van der Waals surface area contributed by atoms with Crippen LogP contribution in [-0.4, -0.2) is 49.8 Å². The Balaban J connectivity index is 1.80. The van der Waals surface area contributed by atoms with Crippen LogP contribution >= 0.6 is 0 Å². The average molecular weight is 432 g/mol. The third kappa shape index (κ3) is 6.68. The van der Waals surface area contributed by atoms with Gasteiger partial charge < -0.3 is 16.0 Å². The quantitative estimate of drug-likeness (QED) is 0.526. The molecule has 1 heterocycles. The van der Waals surface area contributed by atoms with E-state index in [1.807, 2.05) is 13.0 Å². The van der Waals surface area contributed by atoms with Crippen LogP contribution in [0.3, 0.4) is 0 Å². The highest BCUT2D eigenvalue weighted by molar-refractivity contribution is 7.89. The molecule has 0 bridgehead atoms. The molecule has 0 aliphatic carbocycles. The Morgan fingerprint density at radius 1 is 1.13 bits per heavy atom. The van der Waals surface area contributed by atoms with E-state index < -0.39 is 16.1 Å². The number of carbonyl (C=O) groups excluding carboxylic acids is 2. The van der Waals surface area contributed by atoms with E-state index in [2.05, 4.69) is 27.5 Å². The third-order valence-electron chi connectivity index (χ3n) is 4.02. The molecular weight excluding hydrogens is 406 g/mol. The van der Waals surface area contributed by atoms with Crippen LogP contribution in [-0.2, 0) is 14.8 Å². The fourth-order valence-corrected chi connectivity index (χ4v) is 3.52. The zero-order valence-corrected chi connectivity index (χ0v) is 17.7. The summed E-state index contributed by atoms with van der Waals surface area (Å²) in [5.74, 6) is 0.175. The number of nitrogens with zero attached hydrogens (tertiary/aromatic N) is 2. The van der Waals surface area contributed by atoms with Gasteiger partial charge in [-0.1, -0.05) is 12.1 Å². The van der Waals surface area contributed by atoms with Gasteiger partial charge in [0.15, 0.2) is 0 Å². The normalized spacial score (nSPS) is 11.0. The van der Waals surface area contributed by atoms with Crippen LogP contribution in [0.25, 0.3) is 0 Å². The molecule has 0 aliphatic rings. The second-order valence-corrected chi connectivity index (χ2v) is 8.54. The molecule has 30 heavy (non-hydrogen) atoms. The number of hydrogen-bond donors (Lipinski definition) is 3. The molecule has 0 saturated heterocycles. The van der Waals surface area contributed by atoms with Gasteiger partial charge in [0.1, 0.15) is 5.82 Å². The molecule has 1 aromatic carbocycles. The summed E-state index contributed by atoms with van der Waals surface area (Å²) < 4.78 is 25.9. The molecule has 10 heteroatoms. The highest BCUT2D eigenvalue weighted by Gasteiger charge is 2.19. The average Bonchev–Trinajstić information content (AvgIpc) is 2.70. The van der Waals surface area contributed by atoms with Gasteiger partial charge in [0.2, 0.25) is 15.9 Å². The van der Waals surface area contributed by atoms with Crippen LogP contribution < -0.4 is 16.0 Å². The number of amides is 3. The molecule has 2 rings (SSSR count). The van der Waals surface area contributed by atoms with E-state index in [9.17, 15) is 18.0 Å². The van der Waals surface area contributed by atoms with Crippen molar-refractivity contribution < 1.29 is 18.0 Å². The van der Waals surface area contributed by atoms with Crippen molar-refractivity contribution >= 4 is 33.5 Å². The Morgan fingerprint density at radius 2 is 1.83 bits per heavy atom. The Morgan fingerprint density at radius 3 is 2.43 bits per heavy atom. The van der Waals surface area contributed by atoms with Crippen molar-refractivity contribution in [1.29, 1.82) is 0 Å². The van der Waals surface area contributed by atoms with Gasteiger partial charge in [-0.25, -0.2) is 18.2 Å². The first-order chi connectivity index (χ1) is 14.2. The number of urea groups is 1. The van der Waals surface area contributed by atoms with E-state index >= 15 is 0 Å². The number of carbonyl (C=O) groups is 2. The molecule has 0 radical (unpaired) electrons. The minimum absolute atomic E-state index is 0.0792. The fraction of sp³-hybridized carbons (Fsp3) is 0.250. The number of likely N-dealkylation sites (N-methyl/N-ethyl adjacent to an activating group) is 1. The maximum Gasteiger partial charge on any atom is 0.319 e. The van der Waals surface area contributed by atoms with Gasteiger partial charge in [0.05, 0.1) is 4.90 Å². The molecule has 0 atom stereocenters. The van der Waals surface area contributed by atoms with Crippen molar-refractivity contribution in [2.24, 2.45) is 0 Å². The second kappa shape index (κ2) is 10.5. The summed E-state index contributed by atoms with van der Waals surface area (Å²) in [7, 11) is -2.15. The molecule has 3 amide bonds. The van der Waals surface area contributed by atoms with Gasteiger partial charge in [0, 0.05) is 38.4 Å². The highest BCUT2D eigenvalue weighted by atomic mass is 32.2. The number of aryl methyl sites for hydroxylation is 1. The fourth-order valence-electron chi connectivity index (χ4n) is 2.38. The van der Waals surface area contributed by atoms with Gasteiger partial charge in [-0.2, -0.15) is 4.31 Å². The second-order valence-electron chi connectivity index (χ2n) is 6.50. The lowest BCUT2D eigenvalue weighted by Crippen LogP contribution is -2.31. The van der Waals surface area contributed by atoms with Crippen molar-refractivity contribution in [3.8, 4) is 0 Å². The number of hydrogen-bond acceptors (Lipinski definition) is 5. The predicted molar refractivity (Wildman–Crippen MR) is 116 cm³/mol. The van der Waals surface area contributed by atoms with Crippen LogP contribution in [0.2, 0.25) is 0 Å². The summed E-state index contributed by atoms with van der Waals surface area (Å²) in [5.41, 5.74) is 1.41. The smallest absolute Gasteiger partial charge is 0.319 e. The van der Waals surface area contributed by atoms with Crippen molar-refractivity contribution in [3.05, 3.63) is 60.8 Å². The maximum atomic E-state index is 12.3. The highest BCUT2D eigenvalue weighted by Crippen LogP contribution is 2.17. The molecule has 3 N–H and O–H groups in total. The molecule has 0 aliphatic heterocycles. The summed E-state index contributed by atoms with van der Waals surface area (Å²) in [5, 5.41) is 7.80. The molecule has 160 valence electrons. The minimum atomic E-state index is -3.61. The number of nitrogens with one attached hydrogen (secondary N) is 3. The molecule has 2 aromatic rings. The standard InChI is InChI=1S/C20H25N5O4S/c1-4-13-25(3)30(28,29)17-8-6-16(7-9-17)23-20(27)21-12-11-19(26)24-18-10-5-15(2)14-22-18/h4-10,14H,1,11-13H2,2-3H3,(H2,21,23,27)(H,22,24,26). The first-order valence-electron chi connectivity index (χ1n) is 9.17. The first kappa shape index (κ1) is 23.0. The lowest BCUT2D eigenvalue weighted by molar-refractivity contribution is -0.116. The summed E-state index contributed by atoms with van der Waals surface area (Å²) >= 11 is 0. The number of sulfonamides is 1. The van der Waals surface area contributed by atoms with Gasteiger partial charge in [0.25, 0.3) is 0 Å². The zero-order chi connectivity index (χ0) is 22.1. The predicted octanol–water partition coefficient (Wildman–Crippen LogP) is 2.35. The van der Waals surface area contributed by atoms with Crippen molar-refractivity contribution in [2.75, 3.05) is 30.8 Å². The van der Waals surface area contributed by atoms with E-state index in [0.29, 0.717) is 11.5 Å².